The van der Waals surface area contributed by atoms with Crippen molar-refractivity contribution in [3.05, 3.63) is 34.6 Å². The molecule has 1 amide bonds. The maximum atomic E-state index is 12.8. The SMILES string of the molecule is CC1CC(C)CN(C(=O)C(C)n2sc3ccccc3c2=O)C1. The van der Waals surface area contributed by atoms with Crippen LogP contribution in [-0.2, 0) is 4.79 Å². The zero-order chi connectivity index (χ0) is 15.9. The predicted octanol–water partition coefficient (Wildman–Crippen LogP) is 3.13. The first kappa shape index (κ1) is 15.3. The van der Waals surface area contributed by atoms with E-state index in [0.717, 1.165) is 17.8 Å². The van der Waals surface area contributed by atoms with E-state index in [1.165, 1.54) is 18.0 Å². The summed E-state index contributed by atoms with van der Waals surface area (Å²) in [4.78, 5) is 27.2. The fraction of sp³-hybridized carbons (Fsp3) is 0.529. The van der Waals surface area contributed by atoms with Crippen LogP contribution < -0.4 is 5.56 Å². The minimum absolute atomic E-state index is 0.0560. The number of likely N-dealkylation sites (tertiary alicyclic amines) is 1. The smallest absolute Gasteiger partial charge is 0.269 e. The molecule has 0 spiro atoms. The number of amides is 1. The molecular formula is C17H22N2O2S. The summed E-state index contributed by atoms with van der Waals surface area (Å²) in [6, 6.07) is 7.11. The number of benzene rings is 1. The lowest BCUT2D eigenvalue weighted by Crippen LogP contribution is -2.45. The van der Waals surface area contributed by atoms with Crippen LogP contribution in [0.1, 0.15) is 33.2 Å². The molecule has 1 aromatic carbocycles. The number of aromatic nitrogens is 1. The highest BCUT2D eigenvalue weighted by Gasteiger charge is 2.30. The molecule has 1 aliphatic rings. The van der Waals surface area contributed by atoms with Crippen LogP contribution in [0.4, 0.5) is 0 Å². The molecule has 5 heteroatoms. The number of fused-ring (bicyclic) bond motifs is 1. The largest absolute Gasteiger partial charge is 0.340 e. The first-order valence-electron chi connectivity index (χ1n) is 7.86. The van der Waals surface area contributed by atoms with Crippen molar-refractivity contribution in [3.8, 4) is 0 Å². The van der Waals surface area contributed by atoms with Gasteiger partial charge in [-0.25, -0.2) is 0 Å². The van der Waals surface area contributed by atoms with Crippen molar-refractivity contribution in [2.24, 2.45) is 11.8 Å². The van der Waals surface area contributed by atoms with Gasteiger partial charge in [0.05, 0.1) is 10.1 Å². The fourth-order valence-electron chi connectivity index (χ4n) is 3.45. The van der Waals surface area contributed by atoms with Crippen LogP contribution in [0.5, 0.6) is 0 Å². The maximum Gasteiger partial charge on any atom is 0.269 e. The quantitative estimate of drug-likeness (QED) is 0.854. The van der Waals surface area contributed by atoms with Crippen LogP contribution in [0.25, 0.3) is 10.1 Å². The lowest BCUT2D eigenvalue weighted by atomic mass is 9.91. The first-order chi connectivity index (χ1) is 10.5. The third-order valence-electron chi connectivity index (χ3n) is 4.40. The molecule has 3 atom stereocenters. The Morgan fingerprint density at radius 3 is 2.50 bits per heavy atom. The van der Waals surface area contributed by atoms with Gasteiger partial charge in [0, 0.05) is 13.1 Å². The zero-order valence-electron chi connectivity index (χ0n) is 13.3. The monoisotopic (exact) mass is 318 g/mol. The number of carbonyl (C=O) groups is 1. The summed E-state index contributed by atoms with van der Waals surface area (Å²) in [5.41, 5.74) is -0.0560. The van der Waals surface area contributed by atoms with Crippen molar-refractivity contribution in [2.75, 3.05) is 13.1 Å². The second-order valence-corrected chi connectivity index (χ2v) is 7.60. The molecule has 3 unspecified atom stereocenters. The van der Waals surface area contributed by atoms with E-state index in [1.807, 2.05) is 36.1 Å². The topological polar surface area (TPSA) is 42.3 Å². The van der Waals surface area contributed by atoms with Crippen LogP contribution in [-0.4, -0.2) is 27.9 Å². The molecule has 0 radical (unpaired) electrons. The Labute approximate surface area is 134 Å². The van der Waals surface area contributed by atoms with Crippen molar-refractivity contribution in [1.82, 2.24) is 8.86 Å². The third kappa shape index (κ3) is 2.70. The van der Waals surface area contributed by atoms with Gasteiger partial charge in [0.15, 0.2) is 0 Å². The van der Waals surface area contributed by atoms with Gasteiger partial charge >= 0.3 is 0 Å². The van der Waals surface area contributed by atoms with Gasteiger partial charge in [0.25, 0.3) is 5.56 Å². The average Bonchev–Trinajstić information content (AvgIpc) is 2.82. The molecule has 1 fully saturated rings. The van der Waals surface area contributed by atoms with Gasteiger partial charge in [-0.3, -0.25) is 13.5 Å². The van der Waals surface area contributed by atoms with Gasteiger partial charge in [-0.15, -0.1) is 0 Å². The molecule has 0 bridgehead atoms. The van der Waals surface area contributed by atoms with Gasteiger partial charge in [-0.1, -0.05) is 37.5 Å². The van der Waals surface area contributed by atoms with Crippen molar-refractivity contribution in [1.29, 1.82) is 0 Å². The number of rotatable bonds is 2. The number of hydrogen-bond acceptors (Lipinski definition) is 3. The Balaban J connectivity index is 1.88. The Hall–Kier alpha value is -1.62. The summed E-state index contributed by atoms with van der Waals surface area (Å²) in [5, 5.41) is 0.701. The molecular weight excluding hydrogens is 296 g/mol. The van der Waals surface area contributed by atoms with Gasteiger partial charge in [-0.2, -0.15) is 0 Å². The van der Waals surface area contributed by atoms with Crippen LogP contribution in [0, 0.1) is 11.8 Å². The molecule has 118 valence electrons. The van der Waals surface area contributed by atoms with Crippen molar-refractivity contribution in [3.63, 3.8) is 0 Å². The lowest BCUT2D eigenvalue weighted by molar-refractivity contribution is -0.136. The van der Waals surface area contributed by atoms with E-state index in [1.54, 1.807) is 3.96 Å². The zero-order valence-corrected chi connectivity index (χ0v) is 14.1. The second kappa shape index (κ2) is 5.88. The normalized spacial score (nSPS) is 23.7. The Kier molecular flexibility index (Phi) is 4.08. The van der Waals surface area contributed by atoms with E-state index < -0.39 is 6.04 Å². The molecule has 0 saturated carbocycles. The minimum atomic E-state index is -0.428. The molecule has 3 rings (SSSR count). The number of carbonyl (C=O) groups excluding carboxylic acids is 1. The molecule has 0 N–H and O–H groups in total. The summed E-state index contributed by atoms with van der Waals surface area (Å²) < 4.78 is 2.56. The van der Waals surface area contributed by atoms with Crippen LogP contribution in [0.15, 0.2) is 29.1 Å². The van der Waals surface area contributed by atoms with E-state index in [-0.39, 0.29) is 11.5 Å². The van der Waals surface area contributed by atoms with Gasteiger partial charge in [0.2, 0.25) is 5.91 Å². The van der Waals surface area contributed by atoms with Gasteiger partial charge in [-0.05, 0) is 37.3 Å². The summed E-state index contributed by atoms with van der Waals surface area (Å²) in [6.07, 6.45) is 1.17. The van der Waals surface area contributed by atoms with Crippen LogP contribution >= 0.6 is 11.5 Å². The van der Waals surface area contributed by atoms with E-state index in [4.69, 9.17) is 0 Å². The highest BCUT2D eigenvalue weighted by molar-refractivity contribution is 7.14. The molecule has 4 nitrogen and oxygen atoms in total. The third-order valence-corrected chi connectivity index (χ3v) is 5.64. The molecule has 2 aromatic rings. The second-order valence-electron chi connectivity index (χ2n) is 6.58. The molecule has 22 heavy (non-hydrogen) atoms. The summed E-state index contributed by atoms with van der Waals surface area (Å²) in [5.74, 6) is 1.12. The Bertz CT molecular complexity index is 738. The van der Waals surface area contributed by atoms with Crippen LogP contribution in [0.2, 0.25) is 0 Å². The van der Waals surface area contributed by atoms with Gasteiger partial charge < -0.3 is 4.90 Å². The van der Waals surface area contributed by atoms with Crippen molar-refractivity contribution in [2.45, 2.75) is 33.2 Å². The summed E-state index contributed by atoms with van der Waals surface area (Å²) in [7, 11) is 0. The predicted molar refractivity (Wildman–Crippen MR) is 90.3 cm³/mol. The van der Waals surface area contributed by atoms with E-state index >= 15 is 0 Å². The van der Waals surface area contributed by atoms with Crippen molar-refractivity contribution >= 4 is 27.5 Å². The molecule has 1 aliphatic heterocycles. The highest BCUT2D eigenvalue weighted by atomic mass is 32.1. The van der Waals surface area contributed by atoms with E-state index in [9.17, 15) is 9.59 Å². The highest BCUT2D eigenvalue weighted by Crippen LogP contribution is 2.25. The molecule has 0 aliphatic carbocycles. The Morgan fingerprint density at radius 1 is 1.23 bits per heavy atom. The number of hydrogen-bond donors (Lipinski definition) is 0. The summed E-state index contributed by atoms with van der Waals surface area (Å²) >= 11 is 1.38. The fourth-order valence-corrected chi connectivity index (χ4v) is 4.49. The standard InChI is InChI=1S/C17H22N2O2S/c1-11-8-12(2)10-18(9-11)16(20)13(3)19-17(21)14-6-4-5-7-15(14)22-19/h4-7,11-13H,8-10H2,1-3H3. The Morgan fingerprint density at radius 2 is 1.86 bits per heavy atom. The maximum absolute atomic E-state index is 12.8. The number of piperidine rings is 1. The van der Waals surface area contributed by atoms with E-state index in [2.05, 4.69) is 13.8 Å². The molecule has 2 heterocycles. The minimum Gasteiger partial charge on any atom is -0.340 e. The van der Waals surface area contributed by atoms with E-state index in [0.29, 0.717) is 17.2 Å². The number of nitrogens with zero attached hydrogens (tertiary/aromatic N) is 2. The molecule has 1 aromatic heterocycles. The first-order valence-corrected chi connectivity index (χ1v) is 8.64. The molecule has 1 saturated heterocycles. The summed E-state index contributed by atoms with van der Waals surface area (Å²) in [6.45, 7) is 7.81. The van der Waals surface area contributed by atoms with Crippen LogP contribution in [0.3, 0.4) is 0 Å². The van der Waals surface area contributed by atoms with Crippen molar-refractivity contribution < 1.29 is 4.79 Å². The van der Waals surface area contributed by atoms with Gasteiger partial charge in [0.1, 0.15) is 6.04 Å². The lowest BCUT2D eigenvalue weighted by Gasteiger charge is -2.36. The average molecular weight is 318 g/mol.